The van der Waals surface area contributed by atoms with Gasteiger partial charge in [-0.05, 0) is 107 Å². The summed E-state index contributed by atoms with van der Waals surface area (Å²) in [7, 11) is 0. The summed E-state index contributed by atoms with van der Waals surface area (Å²) in [5.41, 5.74) is 0.205. The Kier molecular flexibility index (Phi) is 5.47. The fraction of sp³-hybridized carbons (Fsp3) is 0.679. The van der Waals surface area contributed by atoms with Gasteiger partial charge in [0.2, 0.25) is 5.91 Å². The molecule has 1 saturated heterocycles. The average molecular weight is 479 g/mol. The third-order valence-electron chi connectivity index (χ3n) is 9.26. The van der Waals surface area contributed by atoms with E-state index in [1.807, 2.05) is 22.6 Å². The Hall–Kier alpha value is -2.41. The maximum Gasteiger partial charge on any atom is 0.274 e. The van der Waals surface area contributed by atoms with Gasteiger partial charge in [0.25, 0.3) is 5.91 Å². The lowest BCUT2D eigenvalue weighted by atomic mass is 9.49. The third kappa shape index (κ3) is 4.26. The molecule has 0 aromatic carbocycles. The topological polar surface area (TPSA) is 86.9 Å². The molecular weight excluding hydrogens is 440 g/mol. The van der Waals surface area contributed by atoms with Gasteiger partial charge >= 0.3 is 0 Å². The summed E-state index contributed by atoms with van der Waals surface area (Å²) < 4.78 is 1.81. The van der Waals surface area contributed by atoms with Crippen LogP contribution in [0.25, 0.3) is 5.65 Å². The quantitative estimate of drug-likeness (QED) is 0.655. The highest BCUT2D eigenvalue weighted by Crippen LogP contribution is 2.61. The molecule has 4 bridgehead atoms. The molecule has 7 rings (SSSR count). The molecular formula is C28H38N4O3. The Balaban J connectivity index is 1.21. The Morgan fingerprint density at radius 1 is 1.11 bits per heavy atom. The van der Waals surface area contributed by atoms with Gasteiger partial charge in [-0.25, -0.2) is 4.98 Å². The highest BCUT2D eigenvalue weighted by molar-refractivity contribution is 5.94. The minimum atomic E-state index is -0.967. The summed E-state index contributed by atoms with van der Waals surface area (Å²) in [6.45, 7) is 4.16. The van der Waals surface area contributed by atoms with Crippen LogP contribution in [0, 0.1) is 23.2 Å². The summed E-state index contributed by atoms with van der Waals surface area (Å²) in [6.07, 6.45) is 12.8. The lowest BCUT2D eigenvalue weighted by molar-refractivity contribution is -0.124. The predicted octanol–water partition coefficient (Wildman–Crippen LogP) is 4.64. The fourth-order valence-corrected chi connectivity index (χ4v) is 8.31. The van der Waals surface area contributed by atoms with Crippen LogP contribution in [-0.2, 0) is 4.79 Å². The molecule has 1 atom stereocenters. The molecule has 7 nitrogen and oxygen atoms in total. The summed E-state index contributed by atoms with van der Waals surface area (Å²) in [5.74, 6) is 3.03. The Morgan fingerprint density at radius 2 is 1.80 bits per heavy atom. The number of carbonyl (C=O) groups excluding carboxylic acids is 2. The van der Waals surface area contributed by atoms with Crippen molar-refractivity contribution in [3.8, 4) is 0 Å². The average Bonchev–Trinajstić information content (AvgIpc) is 3.22. The number of rotatable bonds is 5. The molecule has 7 heteroatoms. The number of fused-ring (bicyclic) bond motifs is 1. The normalized spacial score (nSPS) is 32.3. The van der Waals surface area contributed by atoms with Crippen molar-refractivity contribution in [2.45, 2.75) is 89.7 Å². The second-order valence-electron chi connectivity index (χ2n) is 12.6. The number of nitrogens with one attached hydrogen (secondary N) is 1. The Morgan fingerprint density at radius 3 is 2.46 bits per heavy atom. The number of amides is 2. The van der Waals surface area contributed by atoms with Crippen LogP contribution in [0.4, 0.5) is 5.82 Å². The highest BCUT2D eigenvalue weighted by Gasteiger charge is 2.51. The number of aromatic nitrogens is 2. The molecule has 35 heavy (non-hydrogen) atoms. The zero-order valence-corrected chi connectivity index (χ0v) is 21.0. The van der Waals surface area contributed by atoms with Gasteiger partial charge in [0.1, 0.15) is 17.2 Å². The first kappa shape index (κ1) is 23.0. The lowest BCUT2D eigenvalue weighted by Gasteiger charge is -2.56. The molecule has 0 spiro atoms. The van der Waals surface area contributed by atoms with E-state index in [0.717, 1.165) is 37.0 Å². The summed E-state index contributed by atoms with van der Waals surface area (Å²) in [5, 5.41) is 13.8. The summed E-state index contributed by atoms with van der Waals surface area (Å²) in [4.78, 5) is 33.0. The number of imidazole rings is 1. The van der Waals surface area contributed by atoms with Gasteiger partial charge in [-0.2, -0.15) is 0 Å². The van der Waals surface area contributed by atoms with E-state index < -0.39 is 5.60 Å². The second kappa shape index (κ2) is 8.32. The number of nitrogens with zero attached hydrogens (tertiary/aromatic N) is 3. The minimum Gasteiger partial charge on any atom is -0.388 e. The number of hydrogen-bond acceptors (Lipinski definition) is 4. The second-order valence-corrected chi connectivity index (χ2v) is 12.6. The highest BCUT2D eigenvalue weighted by atomic mass is 16.3. The van der Waals surface area contributed by atoms with Gasteiger partial charge in [-0.3, -0.25) is 14.0 Å². The van der Waals surface area contributed by atoms with E-state index in [9.17, 15) is 14.7 Å². The van der Waals surface area contributed by atoms with E-state index in [-0.39, 0.29) is 23.3 Å². The van der Waals surface area contributed by atoms with Crippen LogP contribution >= 0.6 is 0 Å². The molecule has 5 fully saturated rings. The molecule has 2 aromatic rings. The van der Waals surface area contributed by atoms with Crippen molar-refractivity contribution in [1.29, 1.82) is 0 Å². The third-order valence-corrected chi connectivity index (χ3v) is 9.26. The lowest BCUT2D eigenvalue weighted by Crippen LogP contribution is -2.54. The molecule has 2 aromatic heterocycles. The first-order valence-corrected chi connectivity index (χ1v) is 13.5. The first-order valence-electron chi connectivity index (χ1n) is 13.5. The zero-order valence-electron chi connectivity index (χ0n) is 21.0. The molecule has 4 saturated carbocycles. The van der Waals surface area contributed by atoms with Crippen molar-refractivity contribution in [1.82, 2.24) is 14.3 Å². The van der Waals surface area contributed by atoms with Crippen LogP contribution in [0.3, 0.4) is 0 Å². The van der Waals surface area contributed by atoms with Crippen molar-refractivity contribution in [2.24, 2.45) is 23.2 Å². The standard InChI is InChI=1S/C28H38N4O3/c1-27(2,35)22-6-3-4-9-31(22)26(34)21-17-32-23(29-21)7-5-8-24(32)30-25(33)16-28-13-18-10-19(14-28)12-20(11-18)15-28/h5,7-8,17-20,22,35H,3-4,6,9-16H2,1-2H3,(H,30,33). The van der Waals surface area contributed by atoms with Crippen molar-refractivity contribution in [3.63, 3.8) is 0 Å². The van der Waals surface area contributed by atoms with Crippen LogP contribution in [0.1, 0.15) is 88.5 Å². The van der Waals surface area contributed by atoms with Gasteiger partial charge in [-0.1, -0.05) is 6.07 Å². The number of aliphatic hydroxyl groups is 1. The number of pyridine rings is 1. The molecule has 1 unspecified atom stereocenters. The molecule has 0 radical (unpaired) electrons. The minimum absolute atomic E-state index is 0.0687. The van der Waals surface area contributed by atoms with Crippen LogP contribution in [0.15, 0.2) is 24.4 Å². The van der Waals surface area contributed by atoms with Crippen LogP contribution < -0.4 is 5.32 Å². The summed E-state index contributed by atoms with van der Waals surface area (Å²) in [6, 6.07) is 5.38. The molecule has 2 N–H and O–H groups in total. The van der Waals surface area contributed by atoms with Crippen LogP contribution in [0.5, 0.6) is 0 Å². The van der Waals surface area contributed by atoms with E-state index >= 15 is 0 Å². The van der Waals surface area contributed by atoms with E-state index in [1.165, 1.54) is 38.5 Å². The van der Waals surface area contributed by atoms with Crippen molar-refractivity contribution >= 4 is 23.3 Å². The number of piperidine rings is 1. The SMILES string of the molecule is CC(C)(O)C1CCCCN1C(=O)c1cn2c(NC(=O)CC34CC5CC(CC(C5)C3)C4)cccc2n1. The van der Waals surface area contributed by atoms with Gasteiger partial charge in [-0.15, -0.1) is 0 Å². The van der Waals surface area contributed by atoms with Gasteiger partial charge in [0.15, 0.2) is 0 Å². The van der Waals surface area contributed by atoms with E-state index in [1.54, 1.807) is 24.9 Å². The molecule has 5 aliphatic rings. The van der Waals surface area contributed by atoms with Crippen LogP contribution in [0.2, 0.25) is 0 Å². The van der Waals surface area contributed by atoms with Crippen molar-refractivity contribution in [2.75, 3.05) is 11.9 Å². The number of carbonyl (C=O) groups is 2. The van der Waals surface area contributed by atoms with Crippen molar-refractivity contribution < 1.29 is 14.7 Å². The number of anilines is 1. The smallest absolute Gasteiger partial charge is 0.274 e. The molecule has 4 aliphatic carbocycles. The van der Waals surface area contributed by atoms with Gasteiger partial charge in [0.05, 0.1) is 11.6 Å². The molecule has 3 heterocycles. The maximum atomic E-state index is 13.4. The Labute approximate surface area is 207 Å². The number of hydrogen-bond donors (Lipinski definition) is 2. The molecule has 188 valence electrons. The predicted molar refractivity (Wildman–Crippen MR) is 134 cm³/mol. The Bertz CT molecular complexity index is 1110. The van der Waals surface area contributed by atoms with Crippen molar-refractivity contribution in [3.05, 3.63) is 30.1 Å². The van der Waals surface area contributed by atoms with Gasteiger partial charge in [0, 0.05) is 19.2 Å². The monoisotopic (exact) mass is 478 g/mol. The molecule has 1 aliphatic heterocycles. The zero-order chi connectivity index (χ0) is 24.4. The van der Waals surface area contributed by atoms with Crippen LogP contribution in [-0.4, -0.2) is 49.4 Å². The largest absolute Gasteiger partial charge is 0.388 e. The fourth-order valence-electron chi connectivity index (χ4n) is 8.31. The van der Waals surface area contributed by atoms with E-state index in [4.69, 9.17) is 0 Å². The number of likely N-dealkylation sites (tertiary alicyclic amines) is 1. The van der Waals surface area contributed by atoms with Gasteiger partial charge < -0.3 is 15.3 Å². The summed E-state index contributed by atoms with van der Waals surface area (Å²) >= 11 is 0. The van der Waals surface area contributed by atoms with E-state index in [2.05, 4.69) is 10.3 Å². The first-order chi connectivity index (χ1) is 16.7. The maximum absolute atomic E-state index is 13.4. The molecule has 2 amide bonds. The van der Waals surface area contributed by atoms with E-state index in [0.29, 0.717) is 30.1 Å².